The fourth-order valence-electron chi connectivity index (χ4n) is 3.71. The minimum atomic E-state index is -4.45. The molecule has 2 atom stereocenters. The van der Waals surface area contributed by atoms with Gasteiger partial charge in [0.05, 0.1) is 23.9 Å². The fourth-order valence-corrected chi connectivity index (χ4v) is 4.96. The summed E-state index contributed by atoms with van der Waals surface area (Å²) >= 11 is 1.04. The van der Waals surface area contributed by atoms with E-state index in [0.717, 1.165) is 25.5 Å². The van der Waals surface area contributed by atoms with Crippen LogP contribution in [-0.4, -0.2) is 37.1 Å². The standard InChI is InChI=1S/C20H27F3N4O4S/c1-10-8-12(10)26-15(28)14-11(2)13(9-24-27(18(30)31)19(3,4)5)32-16(14)25(17(26)29)7-6-20(21,22)23/h10,12,24H,6-9H2,1-5H3,(H,30,31)/t10-,12?/m0/s1. The van der Waals surface area contributed by atoms with Crippen LogP contribution in [0.4, 0.5) is 18.0 Å². The van der Waals surface area contributed by atoms with Crippen molar-refractivity contribution in [3.05, 3.63) is 31.3 Å². The number of nitrogens with zero attached hydrogens (tertiary/aromatic N) is 3. The summed E-state index contributed by atoms with van der Waals surface area (Å²) in [6.07, 6.45) is -6.22. The number of thiophene rings is 1. The van der Waals surface area contributed by atoms with Crippen LogP contribution in [0.3, 0.4) is 0 Å². The average Bonchev–Trinajstić information content (AvgIpc) is 3.23. The van der Waals surface area contributed by atoms with E-state index in [1.165, 1.54) is 0 Å². The van der Waals surface area contributed by atoms with Gasteiger partial charge in [-0.05, 0) is 45.6 Å². The molecule has 1 saturated carbocycles. The highest BCUT2D eigenvalue weighted by Crippen LogP contribution is 2.41. The molecule has 0 spiro atoms. The van der Waals surface area contributed by atoms with Crippen LogP contribution in [0.25, 0.3) is 10.2 Å². The molecule has 0 bridgehead atoms. The smallest absolute Gasteiger partial charge is 0.422 e. The lowest BCUT2D eigenvalue weighted by Gasteiger charge is -2.33. The first-order chi connectivity index (χ1) is 14.6. The molecule has 1 amide bonds. The molecule has 0 aromatic carbocycles. The van der Waals surface area contributed by atoms with Crippen LogP contribution in [-0.2, 0) is 13.1 Å². The molecule has 178 valence electrons. The van der Waals surface area contributed by atoms with Crippen molar-refractivity contribution in [2.24, 2.45) is 5.92 Å². The largest absolute Gasteiger partial charge is 0.464 e. The van der Waals surface area contributed by atoms with Gasteiger partial charge in [-0.25, -0.2) is 20.0 Å². The third kappa shape index (κ3) is 4.70. The van der Waals surface area contributed by atoms with Crippen molar-refractivity contribution in [2.75, 3.05) is 0 Å². The molecule has 8 nitrogen and oxygen atoms in total. The van der Waals surface area contributed by atoms with Gasteiger partial charge in [-0.15, -0.1) is 11.3 Å². The molecule has 1 aliphatic rings. The third-order valence-corrected chi connectivity index (χ3v) is 6.93. The molecule has 2 N–H and O–H groups in total. The number of rotatable bonds is 6. The van der Waals surface area contributed by atoms with Gasteiger partial charge in [0.2, 0.25) is 0 Å². The summed E-state index contributed by atoms with van der Waals surface area (Å²) in [6, 6.07) is -0.319. The van der Waals surface area contributed by atoms with Gasteiger partial charge in [-0.2, -0.15) is 13.2 Å². The Morgan fingerprint density at radius 3 is 2.34 bits per heavy atom. The van der Waals surface area contributed by atoms with Gasteiger partial charge in [-0.1, -0.05) is 6.92 Å². The van der Waals surface area contributed by atoms with Crippen molar-refractivity contribution in [3.63, 3.8) is 0 Å². The number of hydrazine groups is 1. The Morgan fingerprint density at radius 2 is 1.88 bits per heavy atom. The minimum Gasteiger partial charge on any atom is -0.464 e. The van der Waals surface area contributed by atoms with Gasteiger partial charge in [0.15, 0.2) is 0 Å². The first-order valence-corrected chi connectivity index (χ1v) is 11.1. The molecule has 1 aliphatic carbocycles. The number of fused-ring (bicyclic) bond motifs is 1. The van der Waals surface area contributed by atoms with E-state index in [9.17, 15) is 32.7 Å². The zero-order valence-corrected chi connectivity index (χ0v) is 19.4. The molecule has 0 aliphatic heterocycles. The molecule has 2 heterocycles. The molecule has 1 fully saturated rings. The SMILES string of the molecule is Cc1c(CNN(C(=O)O)C(C)(C)C)sc2c1c(=O)n(C1C[C@@H]1C)c(=O)n2CCC(F)(F)F. The summed E-state index contributed by atoms with van der Waals surface area (Å²) in [5, 5.41) is 10.7. The van der Waals surface area contributed by atoms with E-state index in [2.05, 4.69) is 5.43 Å². The van der Waals surface area contributed by atoms with Gasteiger partial charge in [-0.3, -0.25) is 13.9 Å². The van der Waals surface area contributed by atoms with Crippen molar-refractivity contribution >= 4 is 27.6 Å². The van der Waals surface area contributed by atoms with Gasteiger partial charge < -0.3 is 5.11 Å². The minimum absolute atomic E-state index is 0.0431. The summed E-state index contributed by atoms with van der Waals surface area (Å²) in [4.78, 5) is 38.5. The monoisotopic (exact) mass is 476 g/mol. The number of nitrogens with one attached hydrogen (secondary N) is 1. The van der Waals surface area contributed by atoms with E-state index in [0.29, 0.717) is 16.9 Å². The molecular formula is C20H27F3N4O4S. The number of alkyl halides is 3. The Bertz CT molecular complexity index is 1160. The first-order valence-electron chi connectivity index (χ1n) is 10.2. The highest BCUT2D eigenvalue weighted by atomic mass is 32.1. The van der Waals surface area contributed by atoms with Crippen LogP contribution in [0.5, 0.6) is 0 Å². The second kappa shape index (κ2) is 8.22. The molecule has 2 aromatic rings. The van der Waals surface area contributed by atoms with E-state index >= 15 is 0 Å². The molecule has 0 saturated heterocycles. The maximum atomic E-state index is 13.2. The lowest BCUT2D eigenvalue weighted by atomic mass is 10.1. The molecule has 0 radical (unpaired) electrons. The Hall–Kier alpha value is -2.34. The number of hydrogen-bond acceptors (Lipinski definition) is 5. The first kappa shape index (κ1) is 24.3. The zero-order valence-electron chi connectivity index (χ0n) is 18.5. The Morgan fingerprint density at radius 1 is 1.28 bits per heavy atom. The zero-order chi connectivity index (χ0) is 24.2. The van der Waals surface area contributed by atoms with Crippen molar-refractivity contribution in [1.82, 2.24) is 19.6 Å². The van der Waals surface area contributed by atoms with Gasteiger partial charge in [0, 0.05) is 17.5 Å². The average molecular weight is 477 g/mol. The normalized spacial score (nSPS) is 18.9. The predicted molar refractivity (Wildman–Crippen MR) is 115 cm³/mol. The van der Waals surface area contributed by atoms with E-state index in [-0.39, 0.29) is 28.7 Å². The summed E-state index contributed by atoms with van der Waals surface area (Å²) in [7, 11) is 0. The second-order valence-electron chi connectivity index (χ2n) is 9.21. The van der Waals surface area contributed by atoms with Crippen LogP contribution in [0.15, 0.2) is 9.59 Å². The maximum absolute atomic E-state index is 13.2. The van der Waals surface area contributed by atoms with Crippen LogP contribution < -0.4 is 16.7 Å². The van der Waals surface area contributed by atoms with Crippen LogP contribution in [0, 0.1) is 12.8 Å². The molecule has 32 heavy (non-hydrogen) atoms. The van der Waals surface area contributed by atoms with Gasteiger partial charge in [0.25, 0.3) is 5.56 Å². The Labute approximate surface area is 186 Å². The van der Waals surface area contributed by atoms with Crippen molar-refractivity contribution in [2.45, 2.75) is 78.3 Å². The van der Waals surface area contributed by atoms with E-state index in [1.807, 2.05) is 6.92 Å². The van der Waals surface area contributed by atoms with Crippen LogP contribution in [0.2, 0.25) is 0 Å². The van der Waals surface area contributed by atoms with Crippen molar-refractivity contribution < 1.29 is 23.1 Å². The number of carboxylic acid groups (broad SMARTS) is 1. The summed E-state index contributed by atoms with van der Waals surface area (Å²) < 4.78 is 40.9. The highest BCUT2D eigenvalue weighted by molar-refractivity contribution is 7.18. The summed E-state index contributed by atoms with van der Waals surface area (Å²) in [6.45, 7) is 8.11. The summed E-state index contributed by atoms with van der Waals surface area (Å²) in [5.74, 6) is 0.102. The lowest BCUT2D eigenvalue weighted by molar-refractivity contribution is -0.136. The van der Waals surface area contributed by atoms with E-state index < -0.39 is 42.0 Å². The number of amides is 1. The number of hydrogen-bond donors (Lipinski definition) is 2. The highest BCUT2D eigenvalue weighted by Gasteiger charge is 2.38. The Balaban J connectivity index is 2.11. The fraction of sp³-hybridized carbons (Fsp3) is 0.650. The Kier molecular flexibility index (Phi) is 6.24. The number of halogens is 3. The number of aromatic nitrogens is 2. The molecular weight excluding hydrogens is 449 g/mol. The molecule has 1 unspecified atom stereocenters. The summed E-state index contributed by atoms with van der Waals surface area (Å²) in [5.41, 5.74) is 1.36. The van der Waals surface area contributed by atoms with Crippen molar-refractivity contribution in [3.8, 4) is 0 Å². The van der Waals surface area contributed by atoms with Gasteiger partial charge >= 0.3 is 18.0 Å². The molecule has 3 rings (SSSR count). The van der Waals surface area contributed by atoms with Gasteiger partial charge in [0.1, 0.15) is 4.83 Å². The third-order valence-electron chi connectivity index (χ3n) is 5.62. The van der Waals surface area contributed by atoms with Crippen LogP contribution >= 0.6 is 11.3 Å². The predicted octanol–water partition coefficient (Wildman–Crippen LogP) is 3.85. The van der Waals surface area contributed by atoms with Crippen molar-refractivity contribution in [1.29, 1.82) is 0 Å². The maximum Gasteiger partial charge on any atom is 0.422 e. The van der Waals surface area contributed by atoms with E-state index in [4.69, 9.17) is 0 Å². The lowest BCUT2D eigenvalue weighted by Crippen LogP contribution is -2.52. The quantitative estimate of drug-likeness (QED) is 0.618. The van der Waals surface area contributed by atoms with Crippen LogP contribution in [0.1, 0.15) is 57.0 Å². The molecule has 12 heteroatoms. The number of aryl methyl sites for hydroxylation is 2. The topological polar surface area (TPSA) is 96.6 Å². The van der Waals surface area contributed by atoms with E-state index in [1.54, 1.807) is 27.7 Å². The second-order valence-corrected chi connectivity index (χ2v) is 10.3. The molecule has 2 aromatic heterocycles. The number of carbonyl (C=O) groups is 1.